The van der Waals surface area contributed by atoms with Gasteiger partial charge in [-0.15, -0.1) is 0 Å². The summed E-state index contributed by atoms with van der Waals surface area (Å²) in [5.41, 5.74) is 3.74. The number of amides is 1. The molecule has 1 aliphatic carbocycles. The van der Waals surface area contributed by atoms with Crippen LogP contribution in [-0.4, -0.2) is 59.0 Å². The van der Waals surface area contributed by atoms with Crippen LogP contribution in [0.4, 0.5) is 0 Å². The summed E-state index contributed by atoms with van der Waals surface area (Å²) < 4.78 is 8.43. The first kappa shape index (κ1) is 20.6. The number of rotatable bonds is 5. The highest BCUT2D eigenvalue weighted by Gasteiger charge is 2.30. The molecule has 2 aromatic rings. The molecule has 156 valence electrons. The van der Waals surface area contributed by atoms with Crippen LogP contribution in [0.2, 0.25) is 0 Å². The number of fused-ring (bicyclic) bond motifs is 1. The number of benzene rings is 1. The number of ether oxygens (including phenoxy) is 1. The summed E-state index contributed by atoms with van der Waals surface area (Å²) in [6.45, 7) is 8.24. The van der Waals surface area contributed by atoms with Crippen LogP contribution in [0.1, 0.15) is 48.4 Å². The second-order valence-corrected chi connectivity index (χ2v) is 9.38. The molecular weight excluding hydrogens is 432 g/mol. The minimum absolute atomic E-state index is 0.0711. The predicted molar refractivity (Wildman–Crippen MR) is 117 cm³/mol. The fraction of sp³-hybridized carbons (Fsp3) is 0.545. The van der Waals surface area contributed by atoms with Gasteiger partial charge in [-0.25, -0.2) is 4.68 Å². The number of nitrogens with one attached hydrogen (secondary N) is 1. The summed E-state index contributed by atoms with van der Waals surface area (Å²) in [4.78, 5) is 15.5. The van der Waals surface area contributed by atoms with Crippen molar-refractivity contribution in [2.75, 3.05) is 32.8 Å². The van der Waals surface area contributed by atoms with Gasteiger partial charge in [0.15, 0.2) is 5.69 Å². The minimum atomic E-state index is -0.119. The zero-order valence-corrected chi connectivity index (χ0v) is 18.8. The van der Waals surface area contributed by atoms with Gasteiger partial charge < -0.3 is 10.1 Å². The van der Waals surface area contributed by atoms with Crippen LogP contribution < -0.4 is 5.32 Å². The highest BCUT2D eigenvalue weighted by Crippen LogP contribution is 2.28. The van der Waals surface area contributed by atoms with Crippen LogP contribution in [0.5, 0.6) is 0 Å². The van der Waals surface area contributed by atoms with Gasteiger partial charge in [0.05, 0.1) is 18.9 Å². The van der Waals surface area contributed by atoms with Gasteiger partial charge in [-0.05, 0) is 57.7 Å². The molecule has 1 fully saturated rings. The third-order valence-electron chi connectivity index (χ3n) is 6.00. The summed E-state index contributed by atoms with van der Waals surface area (Å²) in [5, 5.41) is 7.92. The maximum Gasteiger partial charge on any atom is 0.272 e. The van der Waals surface area contributed by atoms with Crippen molar-refractivity contribution in [1.29, 1.82) is 0 Å². The number of hydrogen-bond acceptors (Lipinski definition) is 4. The fourth-order valence-electron chi connectivity index (χ4n) is 4.26. The molecule has 1 amide bonds. The Labute approximate surface area is 180 Å². The smallest absolute Gasteiger partial charge is 0.272 e. The molecule has 29 heavy (non-hydrogen) atoms. The second kappa shape index (κ2) is 8.58. The minimum Gasteiger partial charge on any atom is -0.379 e. The summed E-state index contributed by atoms with van der Waals surface area (Å²) in [6, 6.07) is 8.09. The molecule has 1 aliphatic heterocycles. The third-order valence-corrected chi connectivity index (χ3v) is 6.49. The lowest BCUT2D eigenvalue weighted by atomic mass is 9.95. The Morgan fingerprint density at radius 2 is 2.00 bits per heavy atom. The van der Waals surface area contributed by atoms with E-state index >= 15 is 0 Å². The number of carbonyl (C=O) groups excluding carboxylic acids is 1. The van der Waals surface area contributed by atoms with Gasteiger partial charge in [0, 0.05) is 40.9 Å². The third kappa shape index (κ3) is 4.42. The van der Waals surface area contributed by atoms with Crippen LogP contribution in [0.25, 0.3) is 5.69 Å². The zero-order chi connectivity index (χ0) is 20.4. The predicted octanol–water partition coefficient (Wildman–Crippen LogP) is 3.35. The largest absolute Gasteiger partial charge is 0.379 e. The molecule has 0 saturated carbocycles. The van der Waals surface area contributed by atoms with E-state index in [2.05, 4.69) is 40.0 Å². The number of carbonyl (C=O) groups is 1. The van der Waals surface area contributed by atoms with Crippen molar-refractivity contribution in [2.45, 2.75) is 45.1 Å². The van der Waals surface area contributed by atoms with E-state index in [9.17, 15) is 4.79 Å². The second-order valence-electron chi connectivity index (χ2n) is 8.47. The van der Waals surface area contributed by atoms with Gasteiger partial charge in [0.1, 0.15) is 0 Å². The van der Waals surface area contributed by atoms with E-state index in [1.807, 2.05) is 28.9 Å². The van der Waals surface area contributed by atoms with Gasteiger partial charge in [-0.2, -0.15) is 5.10 Å². The van der Waals surface area contributed by atoms with Gasteiger partial charge in [-0.3, -0.25) is 9.69 Å². The van der Waals surface area contributed by atoms with Gasteiger partial charge in [0.2, 0.25) is 0 Å². The summed E-state index contributed by atoms with van der Waals surface area (Å²) in [5.74, 6) is -0.0711. The van der Waals surface area contributed by atoms with Gasteiger partial charge in [-0.1, -0.05) is 22.0 Å². The van der Waals surface area contributed by atoms with Gasteiger partial charge in [0.25, 0.3) is 5.91 Å². The average Bonchev–Trinajstić information content (AvgIpc) is 3.13. The SMILES string of the molecule is CC(C)(CNC(=O)c1nn(-c2cccc(Br)c2)c2c1CCCC2)N1CCOCC1. The summed E-state index contributed by atoms with van der Waals surface area (Å²) in [6.07, 6.45) is 4.12. The molecule has 0 bridgehead atoms. The van der Waals surface area contributed by atoms with E-state index in [4.69, 9.17) is 9.84 Å². The Balaban J connectivity index is 1.55. The van der Waals surface area contributed by atoms with Crippen molar-refractivity contribution in [3.8, 4) is 5.69 Å². The molecule has 7 heteroatoms. The molecule has 6 nitrogen and oxygen atoms in total. The molecule has 1 aromatic heterocycles. The van der Waals surface area contributed by atoms with Crippen molar-refractivity contribution < 1.29 is 9.53 Å². The molecule has 1 saturated heterocycles. The van der Waals surface area contributed by atoms with E-state index < -0.39 is 0 Å². The topological polar surface area (TPSA) is 59.4 Å². The maximum atomic E-state index is 13.1. The monoisotopic (exact) mass is 460 g/mol. The molecule has 1 N–H and O–H groups in total. The number of hydrogen-bond donors (Lipinski definition) is 1. The van der Waals surface area contributed by atoms with Crippen LogP contribution in [0, 0.1) is 0 Å². The Kier molecular flexibility index (Phi) is 6.08. The molecular formula is C22H29BrN4O2. The molecule has 0 unspecified atom stereocenters. The van der Waals surface area contributed by atoms with Crippen LogP contribution in [0.15, 0.2) is 28.7 Å². The Bertz CT molecular complexity index is 887. The van der Waals surface area contributed by atoms with Crippen molar-refractivity contribution in [1.82, 2.24) is 20.0 Å². The molecule has 2 heterocycles. The first-order valence-corrected chi connectivity index (χ1v) is 11.2. The van der Waals surface area contributed by atoms with Crippen LogP contribution in [0.3, 0.4) is 0 Å². The van der Waals surface area contributed by atoms with E-state index in [1.54, 1.807) is 0 Å². The van der Waals surface area contributed by atoms with E-state index in [0.29, 0.717) is 12.2 Å². The summed E-state index contributed by atoms with van der Waals surface area (Å²) >= 11 is 3.54. The average molecular weight is 461 g/mol. The highest BCUT2D eigenvalue weighted by molar-refractivity contribution is 9.10. The van der Waals surface area contributed by atoms with E-state index in [0.717, 1.165) is 67.7 Å². The first-order valence-electron chi connectivity index (χ1n) is 10.4. The Hall–Kier alpha value is -1.70. The molecule has 2 aliphatic rings. The standard InChI is InChI=1S/C22H29BrN4O2/c1-22(2,26-10-12-29-13-11-26)15-24-21(28)20-18-8-3-4-9-19(18)27(25-20)17-7-5-6-16(23)14-17/h5-7,14H,3-4,8-13,15H2,1-2H3,(H,24,28). The number of aromatic nitrogens is 2. The molecule has 1 aromatic carbocycles. The highest BCUT2D eigenvalue weighted by atomic mass is 79.9. The Morgan fingerprint density at radius 3 is 2.76 bits per heavy atom. The molecule has 0 radical (unpaired) electrons. The molecule has 4 rings (SSSR count). The molecule has 0 spiro atoms. The van der Waals surface area contributed by atoms with Crippen molar-refractivity contribution in [3.05, 3.63) is 45.7 Å². The number of morpholine rings is 1. The first-order chi connectivity index (χ1) is 14.0. The molecule has 0 atom stereocenters. The van der Waals surface area contributed by atoms with Gasteiger partial charge >= 0.3 is 0 Å². The van der Waals surface area contributed by atoms with E-state index in [-0.39, 0.29) is 11.4 Å². The fourth-order valence-corrected chi connectivity index (χ4v) is 4.65. The van der Waals surface area contributed by atoms with Crippen molar-refractivity contribution in [3.63, 3.8) is 0 Å². The summed E-state index contributed by atoms with van der Waals surface area (Å²) in [7, 11) is 0. The van der Waals surface area contributed by atoms with Crippen molar-refractivity contribution >= 4 is 21.8 Å². The van der Waals surface area contributed by atoms with Crippen LogP contribution in [-0.2, 0) is 17.6 Å². The van der Waals surface area contributed by atoms with E-state index in [1.165, 1.54) is 5.69 Å². The normalized spacial score (nSPS) is 17.8. The maximum absolute atomic E-state index is 13.1. The number of nitrogens with zero attached hydrogens (tertiary/aromatic N) is 3. The Morgan fingerprint density at radius 1 is 1.24 bits per heavy atom. The lowest BCUT2D eigenvalue weighted by Gasteiger charge is -2.40. The lowest BCUT2D eigenvalue weighted by Crippen LogP contribution is -2.55. The van der Waals surface area contributed by atoms with Crippen LogP contribution >= 0.6 is 15.9 Å². The quantitative estimate of drug-likeness (QED) is 0.742. The van der Waals surface area contributed by atoms with Crippen molar-refractivity contribution in [2.24, 2.45) is 0 Å². The number of halogens is 1. The lowest BCUT2D eigenvalue weighted by molar-refractivity contribution is -0.00925. The zero-order valence-electron chi connectivity index (χ0n) is 17.2.